The van der Waals surface area contributed by atoms with Crippen LogP contribution in [0.2, 0.25) is 0 Å². The molecule has 2 heterocycles. The lowest BCUT2D eigenvalue weighted by Crippen LogP contribution is -2.35. The maximum absolute atomic E-state index is 4.72. The molecule has 1 unspecified atom stereocenters. The van der Waals surface area contributed by atoms with E-state index < -0.39 is 0 Å². The Morgan fingerprint density at radius 3 is 2.30 bits per heavy atom. The van der Waals surface area contributed by atoms with Crippen LogP contribution in [-0.2, 0) is 5.54 Å². The van der Waals surface area contributed by atoms with Gasteiger partial charge in [0, 0.05) is 11.8 Å². The molecule has 1 aromatic heterocycles. The molecule has 0 amide bonds. The number of fused-ring (bicyclic) bond motifs is 1. The van der Waals surface area contributed by atoms with Crippen LogP contribution in [-0.4, -0.2) is 9.78 Å². The largest absolute Gasteiger partial charge is 0.340 e. The summed E-state index contributed by atoms with van der Waals surface area (Å²) in [5.74, 6) is 1.02. The lowest BCUT2D eigenvalue weighted by Gasteiger charge is -2.34. The molecule has 1 aliphatic rings. The van der Waals surface area contributed by atoms with E-state index in [1.807, 2.05) is 19.1 Å². The molecule has 1 atom stereocenters. The summed E-state index contributed by atoms with van der Waals surface area (Å²) >= 11 is 0. The van der Waals surface area contributed by atoms with Crippen LogP contribution in [0.3, 0.4) is 0 Å². The highest BCUT2D eigenvalue weighted by Gasteiger charge is 2.34. The highest BCUT2D eigenvalue weighted by molar-refractivity contribution is 5.79. The fraction of sp³-hybridized carbons (Fsp3) is 0.150. The summed E-state index contributed by atoms with van der Waals surface area (Å²) in [5, 5.41) is 8.24. The first kappa shape index (κ1) is 13.8. The van der Waals surface area contributed by atoms with Gasteiger partial charge in [0.2, 0.25) is 0 Å². The van der Waals surface area contributed by atoms with Gasteiger partial charge in [0.05, 0.1) is 5.69 Å². The van der Waals surface area contributed by atoms with Crippen molar-refractivity contribution < 1.29 is 0 Å². The minimum atomic E-state index is -0.318. The zero-order chi connectivity index (χ0) is 15.9. The van der Waals surface area contributed by atoms with Crippen molar-refractivity contribution in [3.05, 3.63) is 89.6 Å². The number of nitrogens with one attached hydrogen (secondary N) is 1. The molecule has 0 saturated heterocycles. The van der Waals surface area contributed by atoms with Gasteiger partial charge in [-0.15, -0.1) is 0 Å². The van der Waals surface area contributed by atoms with Crippen molar-refractivity contribution in [3.8, 4) is 0 Å². The summed E-state index contributed by atoms with van der Waals surface area (Å²) in [7, 11) is 0. The molecule has 0 bridgehead atoms. The average molecular weight is 301 g/mol. The number of allylic oxidation sites excluding steroid dienone is 1. The van der Waals surface area contributed by atoms with Gasteiger partial charge in [-0.05, 0) is 31.1 Å². The fourth-order valence-corrected chi connectivity index (χ4v) is 3.21. The highest BCUT2D eigenvalue weighted by Crippen LogP contribution is 2.38. The van der Waals surface area contributed by atoms with Gasteiger partial charge in [-0.2, -0.15) is 5.10 Å². The van der Waals surface area contributed by atoms with E-state index in [0.29, 0.717) is 0 Å². The molecule has 0 saturated carbocycles. The summed E-state index contributed by atoms with van der Waals surface area (Å²) in [4.78, 5) is 0. The smallest absolute Gasteiger partial charge is 0.130 e. The SMILES string of the molecule is Cc1cc2n(n1)C(C)(c1ccccc1)C=C(c1ccccc1)N2. The van der Waals surface area contributed by atoms with Crippen molar-refractivity contribution >= 4 is 11.5 Å². The number of anilines is 1. The first-order valence-electron chi connectivity index (χ1n) is 7.85. The first-order valence-corrected chi connectivity index (χ1v) is 7.85. The van der Waals surface area contributed by atoms with Crippen LogP contribution < -0.4 is 5.32 Å². The molecule has 3 heteroatoms. The molecule has 2 aromatic carbocycles. The molecule has 0 aliphatic carbocycles. The van der Waals surface area contributed by atoms with Gasteiger partial charge in [0.15, 0.2) is 0 Å². The Hall–Kier alpha value is -2.81. The molecule has 0 spiro atoms. The van der Waals surface area contributed by atoms with Crippen molar-refractivity contribution in [2.45, 2.75) is 19.4 Å². The predicted octanol–water partition coefficient (Wildman–Crippen LogP) is 4.42. The molecule has 1 N–H and O–H groups in total. The second-order valence-corrected chi connectivity index (χ2v) is 6.15. The second kappa shape index (κ2) is 5.13. The summed E-state index contributed by atoms with van der Waals surface area (Å²) in [6.45, 7) is 4.24. The van der Waals surface area contributed by atoms with Crippen LogP contribution in [0.25, 0.3) is 5.70 Å². The van der Waals surface area contributed by atoms with Crippen molar-refractivity contribution in [3.63, 3.8) is 0 Å². The number of rotatable bonds is 2. The Kier molecular flexibility index (Phi) is 3.08. The Morgan fingerprint density at radius 1 is 0.957 bits per heavy atom. The summed E-state index contributed by atoms with van der Waals surface area (Å²) < 4.78 is 2.07. The van der Waals surface area contributed by atoms with Crippen LogP contribution in [0.1, 0.15) is 23.7 Å². The van der Waals surface area contributed by atoms with E-state index in [4.69, 9.17) is 5.10 Å². The molecule has 3 nitrogen and oxygen atoms in total. The summed E-state index contributed by atoms with van der Waals surface area (Å²) in [6, 6.07) is 23.0. The normalized spacial score (nSPS) is 19.7. The van der Waals surface area contributed by atoms with Gasteiger partial charge in [-0.25, -0.2) is 4.68 Å². The molecule has 3 aromatic rings. The Labute approximate surface area is 136 Å². The van der Waals surface area contributed by atoms with E-state index in [2.05, 4.69) is 77.6 Å². The average Bonchev–Trinajstić information content (AvgIpc) is 2.98. The van der Waals surface area contributed by atoms with Crippen LogP contribution in [0.15, 0.2) is 72.8 Å². The number of nitrogens with zero attached hydrogens (tertiary/aromatic N) is 2. The Bertz CT molecular complexity index is 862. The third-order valence-electron chi connectivity index (χ3n) is 4.40. The van der Waals surface area contributed by atoms with Crippen molar-refractivity contribution in [1.29, 1.82) is 0 Å². The van der Waals surface area contributed by atoms with Gasteiger partial charge in [0.25, 0.3) is 0 Å². The third kappa shape index (κ3) is 2.25. The van der Waals surface area contributed by atoms with Crippen molar-refractivity contribution in [1.82, 2.24) is 9.78 Å². The molecule has 1 aliphatic heterocycles. The van der Waals surface area contributed by atoms with E-state index in [9.17, 15) is 0 Å². The van der Waals surface area contributed by atoms with Crippen LogP contribution in [0, 0.1) is 6.92 Å². The molecule has 114 valence electrons. The first-order chi connectivity index (χ1) is 11.2. The Balaban J connectivity index is 1.93. The maximum Gasteiger partial charge on any atom is 0.130 e. The zero-order valence-electron chi connectivity index (χ0n) is 13.3. The van der Waals surface area contributed by atoms with Crippen LogP contribution in [0.4, 0.5) is 5.82 Å². The van der Waals surface area contributed by atoms with E-state index >= 15 is 0 Å². The third-order valence-corrected chi connectivity index (χ3v) is 4.40. The number of hydrogen-bond donors (Lipinski definition) is 1. The van der Waals surface area contributed by atoms with Gasteiger partial charge < -0.3 is 5.32 Å². The monoisotopic (exact) mass is 301 g/mol. The topological polar surface area (TPSA) is 29.9 Å². The molecule has 4 rings (SSSR count). The molecular weight excluding hydrogens is 282 g/mol. The standard InChI is InChI=1S/C20H19N3/c1-15-13-19-21-18(16-9-5-3-6-10-16)14-20(2,23(19)22-15)17-11-7-4-8-12-17/h3-14,21H,1-2H3. The van der Waals surface area contributed by atoms with Crippen molar-refractivity contribution in [2.75, 3.05) is 5.32 Å². The van der Waals surface area contributed by atoms with Crippen LogP contribution in [0.5, 0.6) is 0 Å². The number of aryl methyl sites for hydroxylation is 1. The molecular formula is C20H19N3. The van der Waals surface area contributed by atoms with Gasteiger partial charge in [-0.1, -0.05) is 60.7 Å². The number of aromatic nitrogens is 2. The predicted molar refractivity (Wildman–Crippen MR) is 94.2 cm³/mol. The van der Waals surface area contributed by atoms with E-state index in [1.54, 1.807) is 0 Å². The second-order valence-electron chi connectivity index (χ2n) is 6.15. The van der Waals surface area contributed by atoms with Crippen LogP contribution >= 0.6 is 0 Å². The zero-order valence-corrected chi connectivity index (χ0v) is 13.3. The van der Waals surface area contributed by atoms with E-state index in [-0.39, 0.29) is 5.54 Å². The minimum Gasteiger partial charge on any atom is -0.340 e. The van der Waals surface area contributed by atoms with Gasteiger partial charge in [-0.3, -0.25) is 0 Å². The molecule has 23 heavy (non-hydrogen) atoms. The minimum absolute atomic E-state index is 0.318. The van der Waals surface area contributed by atoms with E-state index in [1.165, 1.54) is 11.1 Å². The molecule has 0 radical (unpaired) electrons. The number of benzene rings is 2. The van der Waals surface area contributed by atoms with Crippen molar-refractivity contribution in [2.24, 2.45) is 0 Å². The quantitative estimate of drug-likeness (QED) is 0.759. The lowest BCUT2D eigenvalue weighted by molar-refractivity contribution is 0.441. The fourth-order valence-electron chi connectivity index (χ4n) is 3.21. The summed E-state index contributed by atoms with van der Waals surface area (Å²) in [6.07, 6.45) is 2.26. The summed E-state index contributed by atoms with van der Waals surface area (Å²) in [5.41, 5.74) is 4.21. The maximum atomic E-state index is 4.72. The Morgan fingerprint density at radius 2 is 1.61 bits per heavy atom. The van der Waals surface area contributed by atoms with Gasteiger partial charge in [0.1, 0.15) is 11.4 Å². The molecule has 0 fully saturated rings. The van der Waals surface area contributed by atoms with E-state index in [0.717, 1.165) is 17.2 Å². The lowest BCUT2D eigenvalue weighted by atomic mass is 9.88. The number of hydrogen-bond acceptors (Lipinski definition) is 2. The van der Waals surface area contributed by atoms with Gasteiger partial charge >= 0.3 is 0 Å². The highest BCUT2D eigenvalue weighted by atomic mass is 15.4.